The summed E-state index contributed by atoms with van der Waals surface area (Å²) in [6.45, 7) is 2.69. The van der Waals surface area contributed by atoms with Gasteiger partial charge in [-0.1, -0.05) is 13.3 Å². The van der Waals surface area contributed by atoms with Crippen LogP contribution in [0.4, 0.5) is 11.5 Å². The number of aryl methyl sites for hydroxylation is 2. The summed E-state index contributed by atoms with van der Waals surface area (Å²) in [6, 6.07) is 0. The molecule has 20 heavy (non-hydrogen) atoms. The van der Waals surface area contributed by atoms with E-state index < -0.39 is 0 Å². The minimum atomic E-state index is -0.334. The van der Waals surface area contributed by atoms with Gasteiger partial charge in [0, 0.05) is 20.6 Å². The third-order valence-corrected chi connectivity index (χ3v) is 3.84. The Morgan fingerprint density at radius 3 is 2.70 bits per heavy atom. The lowest BCUT2D eigenvalue weighted by Crippen LogP contribution is -2.37. The fraction of sp³-hybridized carbons (Fsp3) is 0.769. The molecule has 1 fully saturated rings. The molecule has 1 saturated carbocycles. The molecule has 7 nitrogen and oxygen atoms in total. The lowest BCUT2D eigenvalue weighted by Gasteiger charge is -2.34. The second-order valence-corrected chi connectivity index (χ2v) is 5.62. The summed E-state index contributed by atoms with van der Waals surface area (Å²) in [6.07, 6.45) is 2.79. The van der Waals surface area contributed by atoms with Crippen molar-refractivity contribution in [2.45, 2.75) is 38.7 Å². The normalized spacial score (nSPS) is 21.6. The van der Waals surface area contributed by atoms with Gasteiger partial charge in [0.2, 0.25) is 5.82 Å². The molecule has 1 aliphatic carbocycles. The van der Waals surface area contributed by atoms with E-state index in [-0.39, 0.29) is 16.7 Å². The number of aliphatic hydroxyl groups excluding tert-OH is 1. The van der Waals surface area contributed by atoms with Gasteiger partial charge in [0.15, 0.2) is 0 Å². The zero-order valence-corrected chi connectivity index (χ0v) is 12.2. The standard InChI is InChI=1S/C13H22N4O3/c1-4-5-11-12(17(19)20)13(16(3)14-11)15(2)8-9-6-10(18)7-9/h9-10,18H,4-8H2,1-3H3. The van der Waals surface area contributed by atoms with E-state index in [9.17, 15) is 15.2 Å². The predicted octanol–water partition coefficient (Wildman–Crippen LogP) is 1.49. The van der Waals surface area contributed by atoms with E-state index in [2.05, 4.69) is 5.10 Å². The van der Waals surface area contributed by atoms with E-state index in [4.69, 9.17) is 0 Å². The number of aromatic nitrogens is 2. The number of nitrogens with zero attached hydrogens (tertiary/aromatic N) is 4. The number of aliphatic hydroxyl groups is 1. The zero-order chi connectivity index (χ0) is 14.9. The number of nitro groups is 1. The maximum Gasteiger partial charge on any atom is 0.334 e. The molecule has 7 heteroatoms. The molecule has 0 radical (unpaired) electrons. The van der Waals surface area contributed by atoms with Gasteiger partial charge in [-0.25, -0.2) is 4.68 Å². The van der Waals surface area contributed by atoms with Crippen LogP contribution in [-0.4, -0.2) is 39.5 Å². The molecular formula is C13H22N4O3. The monoisotopic (exact) mass is 282 g/mol. The zero-order valence-electron chi connectivity index (χ0n) is 12.2. The van der Waals surface area contributed by atoms with E-state index in [0.717, 1.165) is 19.3 Å². The van der Waals surface area contributed by atoms with Crippen molar-refractivity contribution in [1.82, 2.24) is 9.78 Å². The van der Waals surface area contributed by atoms with Crippen molar-refractivity contribution in [3.8, 4) is 0 Å². The van der Waals surface area contributed by atoms with Gasteiger partial charge in [-0.15, -0.1) is 0 Å². The van der Waals surface area contributed by atoms with Gasteiger partial charge in [-0.3, -0.25) is 10.1 Å². The highest BCUT2D eigenvalue weighted by molar-refractivity contribution is 5.61. The average molecular weight is 282 g/mol. The van der Waals surface area contributed by atoms with Crippen molar-refractivity contribution in [2.24, 2.45) is 13.0 Å². The molecule has 0 aliphatic heterocycles. The van der Waals surface area contributed by atoms with Crippen LogP contribution >= 0.6 is 0 Å². The topological polar surface area (TPSA) is 84.4 Å². The Morgan fingerprint density at radius 1 is 1.55 bits per heavy atom. The largest absolute Gasteiger partial charge is 0.393 e. The Morgan fingerprint density at radius 2 is 2.20 bits per heavy atom. The fourth-order valence-electron chi connectivity index (χ4n) is 2.90. The van der Waals surface area contributed by atoms with E-state index in [0.29, 0.717) is 30.4 Å². The van der Waals surface area contributed by atoms with E-state index in [1.165, 1.54) is 0 Å². The van der Waals surface area contributed by atoms with Crippen LogP contribution in [0.25, 0.3) is 0 Å². The first-order valence-electron chi connectivity index (χ1n) is 7.03. The number of hydrogen-bond donors (Lipinski definition) is 1. The van der Waals surface area contributed by atoms with Gasteiger partial charge in [-0.05, 0) is 25.2 Å². The molecule has 1 heterocycles. The van der Waals surface area contributed by atoms with Crippen LogP contribution in [0.15, 0.2) is 0 Å². The first-order chi connectivity index (χ1) is 9.43. The summed E-state index contributed by atoms with van der Waals surface area (Å²) in [4.78, 5) is 12.9. The predicted molar refractivity (Wildman–Crippen MR) is 75.9 cm³/mol. The van der Waals surface area contributed by atoms with Crippen LogP contribution in [0.5, 0.6) is 0 Å². The third-order valence-electron chi connectivity index (χ3n) is 3.84. The highest BCUT2D eigenvalue weighted by Crippen LogP contribution is 2.34. The molecule has 0 unspecified atom stereocenters. The molecule has 0 amide bonds. The maximum absolute atomic E-state index is 11.3. The van der Waals surface area contributed by atoms with Crippen molar-refractivity contribution < 1.29 is 10.0 Å². The Hall–Kier alpha value is -1.63. The molecule has 1 aromatic rings. The summed E-state index contributed by atoms with van der Waals surface area (Å²) < 4.78 is 1.60. The summed E-state index contributed by atoms with van der Waals surface area (Å²) in [5, 5.41) is 25.0. The van der Waals surface area contributed by atoms with E-state index in [1.807, 2.05) is 18.9 Å². The van der Waals surface area contributed by atoms with Gasteiger partial charge < -0.3 is 10.0 Å². The molecule has 0 atom stereocenters. The SMILES string of the molecule is CCCc1nn(C)c(N(C)CC2CC(O)C2)c1[N+](=O)[O-]. The first kappa shape index (κ1) is 14.8. The van der Waals surface area contributed by atoms with Crippen LogP contribution in [0.2, 0.25) is 0 Å². The molecule has 1 N–H and O–H groups in total. The first-order valence-corrected chi connectivity index (χ1v) is 7.03. The molecule has 112 valence electrons. The minimum absolute atomic E-state index is 0.122. The quantitative estimate of drug-likeness (QED) is 0.631. The molecule has 0 aromatic carbocycles. The number of rotatable bonds is 6. The number of anilines is 1. The van der Waals surface area contributed by atoms with E-state index in [1.54, 1.807) is 11.7 Å². The summed E-state index contributed by atoms with van der Waals surface area (Å²) in [5.74, 6) is 0.957. The lowest BCUT2D eigenvalue weighted by atomic mass is 9.82. The van der Waals surface area contributed by atoms with Crippen molar-refractivity contribution in [1.29, 1.82) is 0 Å². The van der Waals surface area contributed by atoms with Crippen LogP contribution in [0, 0.1) is 16.0 Å². The van der Waals surface area contributed by atoms with Crippen molar-refractivity contribution in [3.05, 3.63) is 15.8 Å². The molecule has 0 saturated heterocycles. The summed E-state index contributed by atoms with van der Waals surface area (Å²) in [5.41, 5.74) is 0.673. The van der Waals surface area contributed by atoms with Crippen LogP contribution in [-0.2, 0) is 13.5 Å². The van der Waals surface area contributed by atoms with Crippen molar-refractivity contribution in [3.63, 3.8) is 0 Å². The van der Waals surface area contributed by atoms with Crippen molar-refractivity contribution >= 4 is 11.5 Å². The smallest absolute Gasteiger partial charge is 0.334 e. The fourth-order valence-corrected chi connectivity index (χ4v) is 2.90. The van der Waals surface area contributed by atoms with Gasteiger partial charge in [0.1, 0.15) is 5.69 Å². The Bertz CT molecular complexity index is 494. The Kier molecular flexibility index (Phi) is 4.27. The Labute approximate surface area is 118 Å². The maximum atomic E-state index is 11.3. The van der Waals surface area contributed by atoms with Gasteiger partial charge >= 0.3 is 5.69 Å². The van der Waals surface area contributed by atoms with Crippen molar-refractivity contribution in [2.75, 3.05) is 18.5 Å². The summed E-state index contributed by atoms with van der Waals surface area (Å²) in [7, 11) is 3.60. The minimum Gasteiger partial charge on any atom is -0.393 e. The van der Waals surface area contributed by atoms with Crippen LogP contribution in [0.1, 0.15) is 31.9 Å². The van der Waals surface area contributed by atoms with E-state index >= 15 is 0 Å². The van der Waals surface area contributed by atoms with Gasteiger partial charge in [0.05, 0.1) is 11.0 Å². The average Bonchev–Trinajstić information content (AvgIpc) is 2.64. The van der Waals surface area contributed by atoms with Gasteiger partial charge in [0.25, 0.3) is 0 Å². The molecule has 0 spiro atoms. The molecule has 2 rings (SSSR count). The second-order valence-electron chi connectivity index (χ2n) is 5.62. The molecule has 1 aliphatic rings. The molecule has 0 bridgehead atoms. The highest BCUT2D eigenvalue weighted by atomic mass is 16.6. The van der Waals surface area contributed by atoms with Crippen LogP contribution in [0.3, 0.4) is 0 Å². The molecular weight excluding hydrogens is 260 g/mol. The third kappa shape index (κ3) is 2.77. The van der Waals surface area contributed by atoms with Gasteiger partial charge in [-0.2, -0.15) is 5.10 Å². The second kappa shape index (κ2) is 5.78. The van der Waals surface area contributed by atoms with Crippen LogP contribution < -0.4 is 4.90 Å². The molecule has 1 aromatic heterocycles. The Balaban J connectivity index is 2.22. The summed E-state index contributed by atoms with van der Waals surface area (Å²) >= 11 is 0. The lowest BCUT2D eigenvalue weighted by molar-refractivity contribution is -0.384. The highest BCUT2D eigenvalue weighted by Gasteiger charge is 2.33. The number of hydrogen-bond acceptors (Lipinski definition) is 5.